The molecule has 6 heteroatoms. The van der Waals surface area contributed by atoms with E-state index in [0.717, 1.165) is 11.1 Å². The smallest absolute Gasteiger partial charge is 0.251 e. The second-order valence-electron chi connectivity index (χ2n) is 6.51. The Labute approximate surface area is 176 Å². The molecule has 0 aromatic heterocycles. The minimum absolute atomic E-state index is 0.210. The van der Waals surface area contributed by atoms with E-state index in [-0.39, 0.29) is 5.91 Å². The van der Waals surface area contributed by atoms with Gasteiger partial charge in [0.15, 0.2) is 23.0 Å². The van der Waals surface area contributed by atoms with E-state index in [4.69, 9.17) is 18.9 Å². The van der Waals surface area contributed by atoms with E-state index >= 15 is 0 Å². The number of rotatable bonds is 9. The summed E-state index contributed by atoms with van der Waals surface area (Å²) in [6, 6.07) is 20.5. The average Bonchev–Trinajstić information content (AvgIpc) is 2.81. The van der Waals surface area contributed by atoms with Gasteiger partial charge in [0.2, 0.25) is 0 Å². The van der Waals surface area contributed by atoms with E-state index in [1.54, 1.807) is 39.5 Å². The quantitative estimate of drug-likeness (QED) is 0.575. The number of benzene rings is 3. The lowest BCUT2D eigenvalue weighted by Crippen LogP contribution is -2.22. The first-order chi connectivity index (χ1) is 14.6. The Hall–Kier alpha value is -3.67. The number of carbonyl (C=O) groups is 1. The number of methoxy groups -OCH3 is 3. The minimum atomic E-state index is -0.210. The monoisotopic (exact) mass is 407 g/mol. The largest absolute Gasteiger partial charge is 0.493 e. The molecular weight excluding hydrogens is 382 g/mol. The summed E-state index contributed by atoms with van der Waals surface area (Å²) in [6.45, 7) is 0.774. The van der Waals surface area contributed by atoms with Crippen molar-refractivity contribution in [2.45, 2.75) is 13.2 Å². The lowest BCUT2D eigenvalue weighted by molar-refractivity contribution is 0.0950. The van der Waals surface area contributed by atoms with Crippen molar-refractivity contribution >= 4 is 5.91 Å². The summed E-state index contributed by atoms with van der Waals surface area (Å²) in [5.74, 6) is 2.13. The Morgan fingerprint density at radius 3 is 2.10 bits per heavy atom. The zero-order valence-corrected chi connectivity index (χ0v) is 17.3. The molecule has 0 spiro atoms. The van der Waals surface area contributed by atoms with Crippen LogP contribution in [0.1, 0.15) is 21.5 Å². The fourth-order valence-corrected chi connectivity index (χ4v) is 2.94. The van der Waals surface area contributed by atoms with Gasteiger partial charge in [-0.1, -0.05) is 36.4 Å². The Kier molecular flexibility index (Phi) is 7.16. The van der Waals surface area contributed by atoms with Crippen LogP contribution in [0.5, 0.6) is 23.0 Å². The summed E-state index contributed by atoms with van der Waals surface area (Å²) in [4.78, 5) is 12.6. The van der Waals surface area contributed by atoms with Gasteiger partial charge in [-0.15, -0.1) is 0 Å². The Balaban J connectivity index is 1.64. The maximum absolute atomic E-state index is 12.6. The molecule has 0 aliphatic rings. The Morgan fingerprint density at radius 2 is 1.40 bits per heavy atom. The Morgan fingerprint density at radius 1 is 0.733 bits per heavy atom. The third-order valence-electron chi connectivity index (χ3n) is 4.56. The fourth-order valence-electron chi connectivity index (χ4n) is 2.94. The number of nitrogens with one attached hydrogen (secondary N) is 1. The van der Waals surface area contributed by atoms with Crippen molar-refractivity contribution in [3.05, 3.63) is 83.4 Å². The molecule has 1 N–H and O–H groups in total. The standard InChI is InChI=1S/C24H25NO5/c1-27-20-11-9-18(13-22(20)28-2)15-25-24(26)19-10-12-21(23(14-19)29-3)30-16-17-7-5-4-6-8-17/h4-14H,15-16H2,1-3H3,(H,25,26). The molecule has 0 radical (unpaired) electrons. The van der Waals surface area contributed by atoms with E-state index in [1.807, 2.05) is 48.5 Å². The van der Waals surface area contributed by atoms with Crippen molar-refractivity contribution in [1.29, 1.82) is 0 Å². The van der Waals surface area contributed by atoms with Crippen LogP contribution in [0.15, 0.2) is 66.7 Å². The molecule has 0 saturated heterocycles. The van der Waals surface area contributed by atoms with Gasteiger partial charge in [-0.3, -0.25) is 4.79 Å². The van der Waals surface area contributed by atoms with Crippen LogP contribution in [-0.2, 0) is 13.2 Å². The molecule has 0 bridgehead atoms. The van der Waals surface area contributed by atoms with Gasteiger partial charge >= 0.3 is 0 Å². The number of hydrogen-bond donors (Lipinski definition) is 1. The molecule has 0 fully saturated rings. The summed E-state index contributed by atoms with van der Waals surface area (Å²) >= 11 is 0. The lowest BCUT2D eigenvalue weighted by atomic mass is 10.1. The molecule has 3 aromatic rings. The SMILES string of the molecule is COc1ccc(CNC(=O)c2ccc(OCc3ccccc3)c(OC)c2)cc1OC. The highest BCUT2D eigenvalue weighted by atomic mass is 16.5. The first kappa shape index (κ1) is 21.0. The molecule has 0 saturated carbocycles. The first-order valence-electron chi connectivity index (χ1n) is 9.48. The van der Waals surface area contributed by atoms with Crippen LogP contribution in [0, 0.1) is 0 Å². The van der Waals surface area contributed by atoms with Crippen LogP contribution in [0.4, 0.5) is 0 Å². The summed E-state index contributed by atoms with van der Waals surface area (Å²) in [6.07, 6.45) is 0. The van der Waals surface area contributed by atoms with E-state index < -0.39 is 0 Å². The molecule has 156 valence electrons. The average molecular weight is 407 g/mol. The number of carbonyl (C=O) groups excluding carboxylic acids is 1. The molecule has 3 aromatic carbocycles. The van der Waals surface area contributed by atoms with Gasteiger partial charge in [0, 0.05) is 12.1 Å². The maximum Gasteiger partial charge on any atom is 0.251 e. The van der Waals surface area contributed by atoms with Crippen LogP contribution in [0.3, 0.4) is 0 Å². The van der Waals surface area contributed by atoms with Crippen molar-refractivity contribution in [2.24, 2.45) is 0 Å². The molecule has 0 unspecified atom stereocenters. The lowest BCUT2D eigenvalue weighted by Gasteiger charge is -2.13. The van der Waals surface area contributed by atoms with Gasteiger partial charge in [0.1, 0.15) is 6.61 Å². The topological polar surface area (TPSA) is 66.0 Å². The third-order valence-corrected chi connectivity index (χ3v) is 4.56. The van der Waals surface area contributed by atoms with Crippen molar-refractivity contribution in [2.75, 3.05) is 21.3 Å². The molecule has 0 aliphatic heterocycles. The highest BCUT2D eigenvalue weighted by Crippen LogP contribution is 2.29. The van der Waals surface area contributed by atoms with Gasteiger partial charge in [-0.25, -0.2) is 0 Å². The van der Waals surface area contributed by atoms with Gasteiger partial charge in [-0.05, 0) is 41.5 Å². The first-order valence-corrected chi connectivity index (χ1v) is 9.48. The normalized spacial score (nSPS) is 10.2. The Bertz CT molecular complexity index is 988. The van der Waals surface area contributed by atoms with Crippen molar-refractivity contribution in [1.82, 2.24) is 5.32 Å². The minimum Gasteiger partial charge on any atom is -0.493 e. The third kappa shape index (κ3) is 5.23. The molecule has 1 amide bonds. The van der Waals surface area contributed by atoms with Crippen LogP contribution >= 0.6 is 0 Å². The molecule has 3 rings (SSSR count). The number of ether oxygens (including phenoxy) is 4. The van der Waals surface area contributed by atoms with Gasteiger partial charge in [-0.2, -0.15) is 0 Å². The van der Waals surface area contributed by atoms with Gasteiger partial charge in [0.25, 0.3) is 5.91 Å². The number of amides is 1. The summed E-state index contributed by atoms with van der Waals surface area (Å²) < 4.78 is 21.8. The zero-order chi connectivity index (χ0) is 21.3. The predicted molar refractivity (Wildman–Crippen MR) is 114 cm³/mol. The molecule has 6 nitrogen and oxygen atoms in total. The predicted octanol–water partition coefficient (Wildman–Crippen LogP) is 4.22. The zero-order valence-electron chi connectivity index (χ0n) is 17.3. The van der Waals surface area contributed by atoms with Crippen LogP contribution in [-0.4, -0.2) is 27.2 Å². The highest BCUT2D eigenvalue weighted by Gasteiger charge is 2.12. The van der Waals surface area contributed by atoms with E-state index in [9.17, 15) is 4.79 Å². The van der Waals surface area contributed by atoms with Crippen LogP contribution in [0.2, 0.25) is 0 Å². The van der Waals surface area contributed by atoms with E-state index in [2.05, 4.69) is 5.32 Å². The van der Waals surface area contributed by atoms with Crippen LogP contribution < -0.4 is 24.3 Å². The summed E-state index contributed by atoms with van der Waals surface area (Å²) in [5.41, 5.74) is 2.44. The van der Waals surface area contributed by atoms with Crippen molar-refractivity contribution < 1.29 is 23.7 Å². The molecule has 0 atom stereocenters. The maximum atomic E-state index is 12.6. The van der Waals surface area contributed by atoms with Gasteiger partial charge in [0.05, 0.1) is 21.3 Å². The van der Waals surface area contributed by atoms with E-state index in [1.165, 1.54) is 0 Å². The van der Waals surface area contributed by atoms with E-state index in [0.29, 0.717) is 41.7 Å². The van der Waals surface area contributed by atoms with Crippen LogP contribution in [0.25, 0.3) is 0 Å². The fraction of sp³-hybridized carbons (Fsp3) is 0.208. The summed E-state index contributed by atoms with van der Waals surface area (Å²) in [5, 5.41) is 2.90. The van der Waals surface area contributed by atoms with Crippen molar-refractivity contribution in [3.63, 3.8) is 0 Å². The second kappa shape index (κ2) is 10.2. The second-order valence-corrected chi connectivity index (χ2v) is 6.51. The highest BCUT2D eigenvalue weighted by molar-refractivity contribution is 5.94. The molecule has 30 heavy (non-hydrogen) atoms. The molecule has 0 aliphatic carbocycles. The van der Waals surface area contributed by atoms with Gasteiger partial charge < -0.3 is 24.3 Å². The van der Waals surface area contributed by atoms with Crippen molar-refractivity contribution in [3.8, 4) is 23.0 Å². The summed E-state index contributed by atoms with van der Waals surface area (Å²) in [7, 11) is 4.71. The molecular formula is C24H25NO5. The molecule has 0 heterocycles. The number of hydrogen-bond acceptors (Lipinski definition) is 5.